The first-order valence-electron chi connectivity index (χ1n) is 10.2. The summed E-state index contributed by atoms with van der Waals surface area (Å²) in [5, 5.41) is 6.78. The molecule has 0 aliphatic carbocycles. The molecule has 0 radical (unpaired) electrons. The fourth-order valence-corrected chi connectivity index (χ4v) is 4.21. The lowest BCUT2D eigenvalue weighted by Gasteiger charge is -2.22. The average molecular weight is 453 g/mol. The van der Waals surface area contributed by atoms with Crippen LogP contribution in [0.4, 0.5) is 11.5 Å². The second kappa shape index (κ2) is 11.4. The van der Waals surface area contributed by atoms with Crippen molar-refractivity contribution in [1.82, 2.24) is 15.2 Å². The van der Waals surface area contributed by atoms with Gasteiger partial charge in [-0.25, -0.2) is 4.98 Å². The van der Waals surface area contributed by atoms with Gasteiger partial charge in [0.15, 0.2) is 0 Å². The number of fused-ring (bicyclic) bond motifs is 1. The van der Waals surface area contributed by atoms with Crippen LogP contribution in [0.25, 0.3) is 0 Å². The first-order valence-corrected chi connectivity index (χ1v) is 10.2. The van der Waals surface area contributed by atoms with Crippen LogP contribution in [0, 0.1) is 11.8 Å². The van der Waals surface area contributed by atoms with Crippen LogP contribution < -0.4 is 15.4 Å². The summed E-state index contributed by atoms with van der Waals surface area (Å²) in [7, 11) is 0. The lowest BCUT2D eigenvalue weighted by Crippen LogP contribution is -2.33. The summed E-state index contributed by atoms with van der Waals surface area (Å²) in [5.41, 5.74) is 1.51. The van der Waals surface area contributed by atoms with Crippen LogP contribution in [0.3, 0.4) is 0 Å². The fraction of sp³-hybridized carbons (Fsp3) is 0.455. The molecular formula is C22H30Cl2N4O2. The first kappa shape index (κ1) is 24.3. The molecule has 1 amide bonds. The number of benzene rings is 1. The van der Waals surface area contributed by atoms with Crippen LogP contribution in [-0.2, 0) is 0 Å². The van der Waals surface area contributed by atoms with E-state index in [9.17, 15) is 4.79 Å². The molecule has 1 aromatic heterocycles. The van der Waals surface area contributed by atoms with Crippen molar-refractivity contribution in [2.24, 2.45) is 11.8 Å². The van der Waals surface area contributed by atoms with E-state index in [0.29, 0.717) is 29.8 Å². The average Bonchev–Trinajstić information content (AvgIpc) is 3.08. The third-order valence-corrected chi connectivity index (χ3v) is 5.77. The summed E-state index contributed by atoms with van der Waals surface area (Å²) >= 11 is 0. The van der Waals surface area contributed by atoms with Crippen LogP contribution >= 0.6 is 24.8 Å². The van der Waals surface area contributed by atoms with E-state index in [1.807, 2.05) is 48.2 Å². The molecule has 30 heavy (non-hydrogen) atoms. The maximum Gasteiger partial charge on any atom is 0.257 e. The molecular weight excluding hydrogens is 423 g/mol. The van der Waals surface area contributed by atoms with Crippen LogP contribution in [0.2, 0.25) is 0 Å². The van der Waals surface area contributed by atoms with Crippen molar-refractivity contribution in [2.45, 2.75) is 19.8 Å². The van der Waals surface area contributed by atoms with Gasteiger partial charge in [0.2, 0.25) is 0 Å². The zero-order valence-electron chi connectivity index (χ0n) is 17.2. The number of amides is 1. The monoisotopic (exact) mass is 452 g/mol. The molecule has 2 fully saturated rings. The molecule has 3 heterocycles. The molecule has 6 nitrogen and oxygen atoms in total. The minimum atomic E-state index is 0. The SMILES string of the molecule is CCOc1ccc(Nc2ncccc2C(=O)N2CC[C@@H]3CNC[C@@H]3CC2)cc1.Cl.Cl. The normalized spacial score (nSPS) is 20.2. The number of ether oxygens (including phenoxy) is 1. The van der Waals surface area contributed by atoms with Crippen LogP contribution in [0.1, 0.15) is 30.1 Å². The lowest BCUT2D eigenvalue weighted by atomic mass is 9.92. The second-order valence-electron chi connectivity index (χ2n) is 7.53. The van der Waals surface area contributed by atoms with Crippen molar-refractivity contribution in [3.63, 3.8) is 0 Å². The molecule has 4 rings (SSSR count). The van der Waals surface area contributed by atoms with Crippen molar-refractivity contribution >= 4 is 42.2 Å². The molecule has 8 heteroatoms. The highest BCUT2D eigenvalue weighted by Crippen LogP contribution is 2.29. The number of aromatic nitrogens is 1. The smallest absolute Gasteiger partial charge is 0.257 e. The number of halogens is 2. The van der Waals surface area contributed by atoms with Crippen LogP contribution in [0.15, 0.2) is 42.6 Å². The van der Waals surface area contributed by atoms with E-state index in [1.165, 1.54) is 0 Å². The maximum atomic E-state index is 13.2. The molecule has 2 saturated heterocycles. The van der Waals surface area contributed by atoms with Gasteiger partial charge in [0.1, 0.15) is 11.6 Å². The number of rotatable bonds is 5. The Bertz CT molecular complexity index is 805. The summed E-state index contributed by atoms with van der Waals surface area (Å²) in [5.74, 6) is 2.90. The van der Waals surface area contributed by atoms with E-state index in [1.54, 1.807) is 6.20 Å². The lowest BCUT2D eigenvalue weighted by molar-refractivity contribution is 0.0759. The number of anilines is 2. The Labute approximate surface area is 190 Å². The quantitative estimate of drug-likeness (QED) is 0.713. The number of carbonyl (C=O) groups is 1. The third-order valence-electron chi connectivity index (χ3n) is 5.77. The predicted molar refractivity (Wildman–Crippen MR) is 125 cm³/mol. The van der Waals surface area contributed by atoms with Crippen molar-refractivity contribution in [2.75, 3.05) is 38.1 Å². The van der Waals surface area contributed by atoms with E-state index in [4.69, 9.17) is 4.74 Å². The topological polar surface area (TPSA) is 66.5 Å². The van der Waals surface area contributed by atoms with E-state index >= 15 is 0 Å². The molecule has 0 bridgehead atoms. The van der Waals surface area contributed by atoms with E-state index < -0.39 is 0 Å². The minimum absolute atomic E-state index is 0. The van der Waals surface area contributed by atoms with Gasteiger partial charge in [0.25, 0.3) is 5.91 Å². The number of likely N-dealkylation sites (tertiary alicyclic amines) is 1. The van der Waals surface area contributed by atoms with Gasteiger partial charge in [0.05, 0.1) is 12.2 Å². The first-order chi connectivity index (χ1) is 13.7. The van der Waals surface area contributed by atoms with Crippen molar-refractivity contribution in [3.05, 3.63) is 48.2 Å². The predicted octanol–water partition coefficient (Wildman–Crippen LogP) is 4.14. The van der Waals surface area contributed by atoms with Gasteiger partial charge in [-0.2, -0.15) is 0 Å². The molecule has 2 aromatic rings. The number of carbonyl (C=O) groups excluding carboxylic acids is 1. The van der Waals surface area contributed by atoms with Crippen LogP contribution in [-0.4, -0.2) is 48.6 Å². The van der Waals surface area contributed by atoms with Gasteiger partial charge in [0, 0.05) is 25.0 Å². The Balaban J connectivity index is 0.00000160. The minimum Gasteiger partial charge on any atom is -0.494 e. The van der Waals surface area contributed by atoms with Crippen LogP contribution in [0.5, 0.6) is 5.75 Å². The summed E-state index contributed by atoms with van der Waals surface area (Å²) < 4.78 is 5.49. The Hall–Kier alpha value is -2.02. The molecule has 0 saturated carbocycles. The summed E-state index contributed by atoms with van der Waals surface area (Å²) in [6, 6.07) is 11.4. The zero-order valence-corrected chi connectivity index (χ0v) is 18.8. The number of pyridine rings is 1. The Morgan fingerprint density at radius 3 is 2.43 bits per heavy atom. The molecule has 2 N–H and O–H groups in total. The molecule has 2 aliphatic rings. The van der Waals surface area contributed by atoms with Crippen molar-refractivity contribution < 1.29 is 9.53 Å². The molecule has 2 aliphatic heterocycles. The largest absolute Gasteiger partial charge is 0.494 e. The number of nitrogens with zero attached hydrogens (tertiary/aromatic N) is 2. The standard InChI is InChI=1S/C22H28N4O2.2ClH/c1-2-28-19-7-5-18(6-8-19)25-21-20(4-3-11-24-21)22(27)26-12-9-16-14-23-15-17(16)10-13-26;;/h3-8,11,16-17,23H,2,9-10,12-15H2,1H3,(H,24,25);2*1H/t16-,17+;;. The maximum absolute atomic E-state index is 13.2. The van der Waals surface area contributed by atoms with Crippen molar-refractivity contribution in [1.29, 1.82) is 0 Å². The number of nitrogens with one attached hydrogen (secondary N) is 2. The Morgan fingerprint density at radius 1 is 1.13 bits per heavy atom. The van der Waals surface area contributed by atoms with E-state index in [-0.39, 0.29) is 30.7 Å². The summed E-state index contributed by atoms with van der Waals surface area (Å²) in [4.78, 5) is 19.7. The third kappa shape index (κ3) is 5.56. The van der Waals surface area contributed by atoms with Gasteiger partial charge < -0.3 is 20.3 Å². The Morgan fingerprint density at radius 2 is 1.80 bits per heavy atom. The van der Waals surface area contributed by atoms with Gasteiger partial charge >= 0.3 is 0 Å². The number of hydrogen-bond donors (Lipinski definition) is 2. The highest BCUT2D eigenvalue weighted by atomic mass is 35.5. The van der Waals surface area contributed by atoms with Gasteiger partial charge in [-0.05, 0) is 81.1 Å². The molecule has 1 aromatic carbocycles. The summed E-state index contributed by atoms with van der Waals surface area (Å²) in [6.45, 7) is 6.41. The van der Waals surface area contributed by atoms with Gasteiger partial charge in [-0.3, -0.25) is 4.79 Å². The van der Waals surface area contributed by atoms with Gasteiger partial charge in [-0.15, -0.1) is 24.8 Å². The molecule has 0 spiro atoms. The van der Waals surface area contributed by atoms with Gasteiger partial charge in [-0.1, -0.05) is 0 Å². The molecule has 0 unspecified atom stereocenters. The van der Waals surface area contributed by atoms with E-state index in [2.05, 4.69) is 15.6 Å². The molecule has 164 valence electrons. The highest BCUT2D eigenvalue weighted by Gasteiger charge is 2.32. The second-order valence-corrected chi connectivity index (χ2v) is 7.53. The zero-order chi connectivity index (χ0) is 19.3. The van der Waals surface area contributed by atoms with Crippen molar-refractivity contribution in [3.8, 4) is 5.75 Å². The van der Waals surface area contributed by atoms with E-state index in [0.717, 1.165) is 50.5 Å². The fourth-order valence-electron chi connectivity index (χ4n) is 4.21. The highest BCUT2D eigenvalue weighted by molar-refractivity contribution is 5.99. The Kier molecular flexibility index (Phi) is 9.21. The number of hydrogen-bond acceptors (Lipinski definition) is 5. The summed E-state index contributed by atoms with van der Waals surface area (Å²) in [6.07, 6.45) is 3.86. The molecule has 2 atom stereocenters.